The molecule has 0 spiro atoms. The molecule has 1 heterocycles. The van der Waals surface area contributed by atoms with Crippen LogP contribution in [-0.2, 0) is 17.5 Å². The van der Waals surface area contributed by atoms with Gasteiger partial charge in [-0.1, -0.05) is 6.07 Å². The quantitative estimate of drug-likeness (QED) is 0.715. The summed E-state index contributed by atoms with van der Waals surface area (Å²) >= 11 is 0. The summed E-state index contributed by atoms with van der Waals surface area (Å²) in [6, 6.07) is 10.8. The number of carbonyl (C=O) groups is 1. The number of alkyl halides is 3. The highest BCUT2D eigenvalue weighted by Crippen LogP contribution is 2.29. The van der Waals surface area contributed by atoms with Gasteiger partial charge in [-0.05, 0) is 49.4 Å². The Labute approximate surface area is 158 Å². The van der Waals surface area contributed by atoms with Crippen LogP contribution in [0.25, 0.3) is 10.8 Å². The van der Waals surface area contributed by atoms with Crippen molar-refractivity contribution in [1.29, 1.82) is 0 Å². The summed E-state index contributed by atoms with van der Waals surface area (Å²) < 4.78 is 44.8. The smallest absolute Gasteiger partial charge is 0.416 e. The molecule has 28 heavy (non-hydrogen) atoms. The van der Waals surface area contributed by atoms with Gasteiger partial charge in [0.1, 0.15) is 5.75 Å². The molecule has 1 N–H and O–H groups in total. The normalized spacial score (nSPS) is 11.4. The number of hydrogen-bond donors (Lipinski definition) is 1. The van der Waals surface area contributed by atoms with Crippen molar-refractivity contribution in [3.63, 3.8) is 0 Å². The van der Waals surface area contributed by atoms with Crippen molar-refractivity contribution in [1.82, 2.24) is 4.57 Å². The molecule has 3 aromatic rings. The highest BCUT2D eigenvalue weighted by molar-refractivity contribution is 5.92. The minimum Gasteiger partial charge on any atom is -0.483 e. The Bertz CT molecular complexity index is 1060. The maximum Gasteiger partial charge on any atom is 0.416 e. The van der Waals surface area contributed by atoms with E-state index in [1.165, 1.54) is 12.1 Å². The van der Waals surface area contributed by atoms with Crippen LogP contribution >= 0.6 is 0 Å². The largest absolute Gasteiger partial charge is 0.483 e. The molecule has 0 aliphatic rings. The van der Waals surface area contributed by atoms with Gasteiger partial charge in [0.25, 0.3) is 11.5 Å². The molecule has 0 atom stereocenters. The van der Waals surface area contributed by atoms with Crippen LogP contribution in [0.15, 0.2) is 59.5 Å². The molecule has 0 aliphatic carbocycles. The summed E-state index contributed by atoms with van der Waals surface area (Å²) in [4.78, 5) is 24.4. The molecule has 0 radical (unpaired) electrons. The summed E-state index contributed by atoms with van der Waals surface area (Å²) in [7, 11) is 0. The number of benzene rings is 2. The second-order valence-electron chi connectivity index (χ2n) is 6.04. The number of carbonyl (C=O) groups excluding carboxylic acids is 1. The first-order valence-electron chi connectivity index (χ1n) is 8.51. The van der Waals surface area contributed by atoms with E-state index in [1.54, 1.807) is 35.0 Å². The number of nitrogens with one attached hydrogen (secondary N) is 1. The number of halogens is 3. The van der Waals surface area contributed by atoms with E-state index >= 15 is 0 Å². The standard InChI is InChI=1S/C20H17F3N2O3/c1-2-25-11-10-15-16(19(25)27)4-3-5-17(15)28-12-18(26)24-14-8-6-13(7-9-14)20(21,22)23/h3-11H,2,12H2,1H3,(H,24,26). The Kier molecular flexibility index (Phi) is 5.39. The second kappa shape index (κ2) is 7.75. The van der Waals surface area contributed by atoms with Crippen LogP contribution in [0.1, 0.15) is 12.5 Å². The highest BCUT2D eigenvalue weighted by Gasteiger charge is 2.29. The van der Waals surface area contributed by atoms with E-state index in [0.29, 0.717) is 23.1 Å². The maximum absolute atomic E-state index is 12.6. The lowest BCUT2D eigenvalue weighted by Gasteiger charge is -2.11. The van der Waals surface area contributed by atoms with Gasteiger partial charge in [0, 0.05) is 23.8 Å². The Morgan fingerprint density at radius 1 is 1.07 bits per heavy atom. The number of nitrogens with zero attached hydrogens (tertiary/aromatic N) is 1. The molecule has 0 fully saturated rings. The van der Waals surface area contributed by atoms with Crippen molar-refractivity contribution in [2.75, 3.05) is 11.9 Å². The SMILES string of the molecule is CCn1ccc2c(OCC(=O)Nc3ccc(C(F)(F)F)cc3)cccc2c1=O. The molecule has 0 unspecified atom stereocenters. The third-order valence-electron chi connectivity index (χ3n) is 4.17. The number of amides is 1. The molecule has 146 valence electrons. The first kappa shape index (κ1) is 19.5. The average Bonchev–Trinajstić information content (AvgIpc) is 2.66. The molecule has 0 saturated carbocycles. The van der Waals surface area contributed by atoms with Crippen LogP contribution in [0.2, 0.25) is 0 Å². The molecule has 1 amide bonds. The zero-order chi connectivity index (χ0) is 20.3. The van der Waals surface area contributed by atoms with Gasteiger partial charge in [-0.2, -0.15) is 13.2 Å². The molecule has 3 rings (SSSR count). The lowest BCUT2D eigenvalue weighted by Crippen LogP contribution is -2.21. The van der Waals surface area contributed by atoms with E-state index in [1.807, 2.05) is 6.92 Å². The Hall–Kier alpha value is -3.29. The van der Waals surface area contributed by atoms with E-state index in [4.69, 9.17) is 4.74 Å². The van der Waals surface area contributed by atoms with Gasteiger partial charge in [-0.3, -0.25) is 9.59 Å². The number of rotatable bonds is 5. The summed E-state index contributed by atoms with van der Waals surface area (Å²) in [6.45, 7) is 2.05. The zero-order valence-electron chi connectivity index (χ0n) is 14.9. The number of aromatic nitrogens is 1. The number of aryl methyl sites for hydroxylation is 1. The van der Waals surface area contributed by atoms with E-state index in [2.05, 4.69) is 5.32 Å². The minimum atomic E-state index is -4.43. The van der Waals surface area contributed by atoms with E-state index in [0.717, 1.165) is 12.1 Å². The molecular weight excluding hydrogens is 373 g/mol. The van der Waals surface area contributed by atoms with Gasteiger partial charge in [0.15, 0.2) is 6.61 Å². The number of pyridine rings is 1. The number of ether oxygens (including phenoxy) is 1. The molecule has 0 aliphatic heterocycles. The molecule has 8 heteroatoms. The van der Waals surface area contributed by atoms with E-state index < -0.39 is 17.6 Å². The molecular formula is C20H17F3N2O3. The molecule has 1 aromatic heterocycles. The summed E-state index contributed by atoms with van der Waals surface area (Å²) in [5.41, 5.74) is -0.722. The van der Waals surface area contributed by atoms with Crippen LogP contribution in [0.4, 0.5) is 18.9 Å². The number of hydrogen-bond acceptors (Lipinski definition) is 3. The van der Waals surface area contributed by atoms with Crippen LogP contribution in [0.3, 0.4) is 0 Å². The fourth-order valence-electron chi connectivity index (χ4n) is 2.75. The van der Waals surface area contributed by atoms with Gasteiger partial charge in [0.2, 0.25) is 0 Å². The Morgan fingerprint density at radius 3 is 2.43 bits per heavy atom. The third kappa shape index (κ3) is 4.16. The lowest BCUT2D eigenvalue weighted by molar-refractivity contribution is -0.137. The number of anilines is 1. The third-order valence-corrected chi connectivity index (χ3v) is 4.17. The highest BCUT2D eigenvalue weighted by atomic mass is 19.4. The molecule has 0 bridgehead atoms. The topological polar surface area (TPSA) is 60.3 Å². The van der Waals surface area contributed by atoms with E-state index in [-0.39, 0.29) is 17.9 Å². The van der Waals surface area contributed by atoms with E-state index in [9.17, 15) is 22.8 Å². The van der Waals surface area contributed by atoms with Crippen molar-refractivity contribution >= 4 is 22.4 Å². The Morgan fingerprint density at radius 2 is 1.79 bits per heavy atom. The summed E-state index contributed by atoms with van der Waals surface area (Å²) in [5.74, 6) is -0.154. The van der Waals surface area contributed by atoms with Crippen LogP contribution in [0, 0.1) is 0 Å². The molecule has 2 aromatic carbocycles. The predicted molar refractivity (Wildman–Crippen MR) is 99.5 cm³/mol. The Balaban J connectivity index is 1.69. The van der Waals surface area contributed by atoms with Crippen LogP contribution in [0.5, 0.6) is 5.75 Å². The fraction of sp³-hybridized carbons (Fsp3) is 0.200. The van der Waals surface area contributed by atoms with Gasteiger partial charge in [0.05, 0.1) is 10.9 Å². The van der Waals surface area contributed by atoms with Crippen LogP contribution in [-0.4, -0.2) is 17.1 Å². The number of fused-ring (bicyclic) bond motifs is 1. The van der Waals surface area contributed by atoms with Crippen molar-refractivity contribution in [2.45, 2.75) is 19.6 Å². The minimum absolute atomic E-state index is 0.153. The summed E-state index contributed by atoms with van der Waals surface area (Å²) in [6.07, 6.45) is -2.78. The van der Waals surface area contributed by atoms with Crippen molar-refractivity contribution in [2.24, 2.45) is 0 Å². The molecule has 0 saturated heterocycles. The van der Waals surface area contributed by atoms with Crippen molar-refractivity contribution in [3.8, 4) is 5.75 Å². The maximum atomic E-state index is 12.6. The molecule has 5 nitrogen and oxygen atoms in total. The lowest BCUT2D eigenvalue weighted by atomic mass is 10.1. The van der Waals surface area contributed by atoms with Crippen molar-refractivity contribution in [3.05, 3.63) is 70.6 Å². The van der Waals surface area contributed by atoms with Gasteiger partial charge in [-0.25, -0.2) is 0 Å². The summed E-state index contributed by atoms with van der Waals surface area (Å²) in [5, 5.41) is 3.53. The van der Waals surface area contributed by atoms with Crippen LogP contribution < -0.4 is 15.6 Å². The van der Waals surface area contributed by atoms with Crippen molar-refractivity contribution < 1.29 is 22.7 Å². The first-order valence-corrected chi connectivity index (χ1v) is 8.51. The average molecular weight is 390 g/mol. The van der Waals surface area contributed by atoms with Gasteiger partial charge < -0.3 is 14.6 Å². The monoisotopic (exact) mass is 390 g/mol. The first-order chi connectivity index (χ1) is 13.3. The second-order valence-corrected chi connectivity index (χ2v) is 6.04. The fourth-order valence-corrected chi connectivity index (χ4v) is 2.75. The van der Waals surface area contributed by atoms with Gasteiger partial charge in [-0.15, -0.1) is 0 Å². The zero-order valence-corrected chi connectivity index (χ0v) is 14.9. The van der Waals surface area contributed by atoms with Gasteiger partial charge >= 0.3 is 6.18 Å². The predicted octanol–water partition coefficient (Wildman–Crippen LogP) is 4.06.